The van der Waals surface area contributed by atoms with E-state index in [-0.39, 0.29) is 0 Å². The van der Waals surface area contributed by atoms with E-state index < -0.39 is 0 Å². The molecule has 0 spiro atoms. The van der Waals surface area contributed by atoms with Gasteiger partial charge in [0.15, 0.2) is 0 Å². The first-order valence-corrected chi connectivity index (χ1v) is 5.52. The van der Waals surface area contributed by atoms with E-state index in [4.69, 9.17) is 5.73 Å². The standard InChI is InChI=1S/C14H16N2/c1-3-11-5-4-6-12(8-11)14-13(15)7-10(2)9-16-14/h4-9H,3,15H2,1-2H3. The summed E-state index contributed by atoms with van der Waals surface area (Å²) in [6.45, 7) is 4.14. The second kappa shape index (κ2) is 4.35. The van der Waals surface area contributed by atoms with Gasteiger partial charge in [0.25, 0.3) is 0 Å². The third kappa shape index (κ3) is 2.06. The number of nitrogens with two attached hydrogens (primary N) is 1. The number of hydrogen-bond acceptors (Lipinski definition) is 2. The van der Waals surface area contributed by atoms with Crippen molar-refractivity contribution in [3.05, 3.63) is 47.7 Å². The molecule has 2 rings (SSSR count). The van der Waals surface area contributed by atoms with Crippen molar-refractivity contribution in [2.75, 3.05) is 5.73 Å². The minimum atomic E-state index is 0.744. The van der Waals surface area contributed by atoms with Crippen LogP contribution in [-0.2, 0) is 6.42 Å². The van der Waals surface area contributed by atoms with Gasteiger partial charge in [0.2, 0.25) is 0 Å². The van der Waals surface area contributed by atoms with Gasteiger partial charge in [0, 0.05) is 11.8 Å². The van der Waals surface area contributed by atoms with E-state index in [9.17, 15) is 0 Å². The van der Waals surface area contributed by atoms with E-state index in [0.717, 1.165) is 28.9 Å². The maximum Gasteiger partial charge on any atom is 0.0931 e. The number of anilines is 1. The van der Waals surface area contributed by atoms with Crippen LogP contribution in [0.15, 0.2) is 36.5 Å². The smallest absolute Gasteiger partial charge is 0.0931 e. The monoisotopic (exact) mass is 212 g/mol. The fraction of sp³-hybridized carbons (Fsp3) is 0.214. The molecule has 1 heterocycles. The largest absolute Gasteiger partial charge is 0.397 e. The quantitative estimate of drug-likeness (QED) is 0.830. The number of aromatic nitrogens is 1. The average molecular weight is 212 g/mol. The zero-order valence-electron chi connectivity index (χ0n) is 9.70. The molecule has 0 radical (unpaired) electrons. The Bertz CT molecular complexity index is 504. The lowest BCUT2D eigenvalue weighted by molar-refractivity contribution is 1.14. The van der Waals surface area contributed by atoms with Gasteiger partial charge in [0.05, 0.1) is 11.4 Å². The molecule has 2 heteroatoms. The predicted octanol–water partition coefficient (Wildman–Crippen LogP) is 3.20. The van der Waals surface area contributed by atoms with E-state index in [1.54, 1.807) is 0 Å². The molecule has 0 saturated carbocycles. The molecule has 0 fully saturated rings. The molecular weight excluding hydrogens is 196 g/mol. The van der Waals surface area contributed by atoms with Gasteiger partial charge in [-0.25, -0.2) is 0 Å². The Hall–Kier alpha value is -1.83. The molecule has 2 N–H and O–H groups in total. The van der Waals surface area contributed by atoms with Crippen LogP contribution in [-0.4, -0.2) is 4.98 Å². The van der Waals surface area contributed by atoms with Gasteiger partial charge in [-0.15, -0.1) is 0 Å². The predicted molar refractivity (Wildman–Crippen MR) is 68.2 cm³/mol. The van der Waals surface area contributed by atoms with Crippen LogP contribution in [0.2, 0.25) is 0 Å². The fourth-order valence-corrected chi connectivity index (χ4v) is 1.77. The molecule has 0 atom stereocenters. The summed E-state index contributed by atoms with van der Waals surface area (Å²) in [5.74, 6) is 0. The lowest BCUT2D eigenvalue weighted by atomic mass is 10.0. The fourth-order valence-electron chi connectivity index (χ4n) is 1.77. The van der Waals surface area contributed by atoms with Crippen LogP contribution in [0, 0.1) is 6.92 Å². The number of benzene rings is 1. The van der Waals surface area contributed by atoms with Crippen molar-refractivity contribution >= 4 is 5.69 Å². The first-order valence-electron chi connectivity index (χ1n) is 5.52. The van der Waals surface area contributed by atoms with Gasteiger partial charge < -0.3 is 5.73 Å². The molecule has 0 amide bonds. The zero-order valence-corrected chi connectivity index (χ0v) is 9.70. The lowest BCUT2D eigenvalue weighted by Gasteiger charge is -2.07. The Morgan fingerprint density at radius 1 is 1.25 bits per heavy atom. The molecule has 0 bridgehead atoms. The van der Waals surface area contributed by atoms with E-state index in [1.807, 2.05) is 25.3 Å². The maximum atomic E-state index is 5.98. The number of aryl methyl sites for hydroxylation is 2. The van der Waals surface area contributed by atoms with Gasteiger partial charge in [-0.05, 0) is 36.6 Å². The van der Waals surface area contributed by atoms with Crippen molar-refractivity contribution in [3.63, 3.8) is 0 Å². The van der Waals surface area contributed by atoms with E-state index >= 15 is 0 Å². The first kappa shape index (κ1) is 10.7. The molecule has 2 nitrogen and oxygen atoms in total. The molecular formula is C14H16N2. The maximum absolute atomic E-state index is 5.98. The van der Waals surface area contributed by atoms with E-state index in [0.29, 0.717) is 0 Å². The number of rotatable bonds is 2. The van der Waals surface area contributed by atoms with Crippen molar-refractivity contribution in [3.8, 4) is 11.3 Å². The highest BCUT2D eigenvalue weighted by Crippen LogP contribution is 2.24. The third-order valence-corrected chi connectivity index (χ3v) is 2.66. The summed E-state index contributed by atoms with van der Waals surface area (Å²) >= 11 is 0. The molecule has 1 aromatic heterocycles. The Morgan fingerprint density at radius 2 is 2.06 bits per heavy atom. The second-order valence-electron chi connectivity index (χ2n) is 4.00. The molecule has 0 aliphatic rings. The SMILES string of the molecule is CCc1cccc(-c2ncc(C)cc2N)c1. The van der Waals surface area contributed by atoms with Gasteiger partial charge in [-0.1, -0.05) is 25.1 Å². The number of nitrogens with zero attached hydrogens (tertiary/aromatic N) is 1. The van der Waals surface area contributed by atoms with Crippen molar-refractivity contribution in [1.82, 2.24) is 4.98 Å². The summed E-state index contributed by atoms with van der Waals surface area (Å²) in [4.78, 5) is 4.40. The van der Waals surface area contributed by atoms with Gasteiger partial charge in [0.1, 0.15) is 0 Å². The van der Waals surface area contributed by atoms with Crippen LogP contribution in [0.5, 0.6) is 0 Å². The molecule has 0 saturated heterocycles. The Labute approximate surface area is 96.1 Å². The number of nitrogen functional groups attached to an aromatic ring is 1. The Kier molecular flexibility index (Phi) is 2.91. The molecule has 2 aromatic rings. The van der Waals surface area contributed by atoms with Crippen LogP contribution in [0.25, 0.3) is 11.3 Å². The summed E-state index contributed by atoms with van der Waals surface area (Å²) in [5.41, 5.74) is 11.1. The number of pyridine rings is 1. The molecule has 0 aliphatic heterocycles. The average Bonchev–Trinajstić information content (AvgIpc) is 2.29. The summed E-state index contributed by atoms with van der Waals surface area (Å²) < 4.78 is 0. The van der Waals surface area contributed by atoms with Crippen LogP contribution < -0.4 is 5.73 Å². The Morgan fingerprint density at radius 3 is 2.75 bits per heavy atom. The van der Waals surface area contributed by atoms with Crippen molar-refractivity contribution in [2.45, 2.75) is 20.3 Å². The summed E-state index contributed by atoms with van der Waals surface area (Å²) in [7, 11) is 0. The molecule has 0 unspecified atom stereocenters. The second-order valence-corrected chi connectivity index (χ2v) is 4.00. The van der Waals surface area contributed by atoms with Crippen LogP contribution in [0.3, 0.4) is 0 Å². The number of hydrogen-bond donors (Lipinski definition) is 1. The highest BCUT2D eigenvalue weighted by atomic mass is 14.7. The first-order chi connectivity index (χ1) is 7.70. The normalized spacial score (nSPS) is 10.4. The van der Waals surface area contributed by atoms with Crippen LogP contribution >= 0.6 is 0 Å². The molecule has 16 heavy (non-hydrogen) atoms. The van der Waals surface area contributed by atoms with Crippen LogP contribution in [0.1, 0.15) is 18.1 Å². The van der Waals surface area contributed by atoms with Crippen LogP contribution in [0.4, 0.5) is 5.69 Å². The van der Waals surface area contributed by atoms with E-state index in [2.05, 4.69) is 30.1 Å². The van der Waals surface area contributed by atoms with E-state index in [1.165, 1.54) is 5.56 Å². The highest BCUT2D eigenvalue weighted by Gasteiger charge is 2.04. The minimum Gasteiger partial charge on any atom is -0.397 e. The summed E-state index contributed by atoms with van der Waals surface area (Å²) in [6.07, 6.45) is 2.88. The van der Waals surface area contributed by atoms with Crippen molar-refractivity contribution in [1.29, 1.82) is 0 Å². The topological polar surface area (TPSA) is 38.9 Å². The highest BCUT2D eigenvalue weighted by molar-refractivity contribution is 5.73. The lowest BCUT2D eigenvalue weighted by Crippen LogP contribution is -1.94. The van der Waals surface area contributed by atoms with Crippen molar-refractivity contribution < 1.29 is 0 Å². The summed E-state index contributed by atoms with van der Waals surface area (Å²) in [5, 5.41) is 0. The minimum absolute atomic E-state index is 0.744. The molecule has 82 valence electrons. The summed E-state index contributed by atoms with van der Waals surface area (Å²) in [6, 6.07) is 10.3. The van der Waals surface area contributed by atoms with Gasteiger partial charge >= 0.3 is 0 Å². The Balaban J connectivity index is 2.49. The molecule has 0 aliphatic carbocycles. The van der Waals surface area contributed by atoms with Gasteiger partial charge in [-0.2, -0.15) is 0 Å². The van der Waals surface area contributed by atoms with Gasteiger partial charge in [-0.3, -0.25) is 4.98 Å². The molecule has 1 aromatic carbocycles. The van der Waals surface area contributed by atoms with Crippen molar-refractivity contribution in [2.24, 2.45) is 0 Å². The zero-order chi connectivity index (χ0) is 11.5. The third-order valence-electron chi connectivity index (χ3n) is 2.66.